The van der Waals surface area contributed by atoms with Crippen molar-refractivity contribution in [3.63, 3.8) is 0 Å². The molecule has 0 aliphatic heterocycles. The first kappa shape index (κ1) is 19.2. The van der Waals surface area contributed by atoms with Gasteiger partial charge in [0.15, 0.2) is 6.61 Å². The minimum atomic E-state index is -0.998. The van der Waals surface area contributed by atoms with Gasteiger partial charge in [0.2, 0.25) is 0 Å². The normalized spacial score (nSPS) is 10.9. The largest absolute Gasteiger partial charge is 0.482 e. The highest BCUT2D eigenvalue weighted by atomic mass is 32.2. The highest BCUT2D eigenvalue weighted by Gasteiger charge is 2.15. The number of aliphatic carboxylic acids is 1. The van der Waals surface area contributed by atoms with E-state index in [0.717, 1.165) is 17.1 Å². The number of hydrogen-bond donors (Lipinski definition) is 2. The van der Waals surface area contributed by atoms with Crippen LogP contribution in [0.2, 0.25) is 0 Å². The quantitative estimate of drug-likeness (QED) is 0.707. The molecule has 0 bridgehead atoms. The minimum Gasteiger partial charge on any atom is -0.482 e. The van der Waals surface area contributed by atoms with Crippen LogP contribution in [0, 0.1) is 0 Å². The number of rotatable bonds is 8. The maximum atomic E-state index is 11.4. The van der Waals surface area contributed by atoms with Crippen LogP contribution < -0.4 is 10.1 Å². The molecule has 7 heteroatoms. The lowest BCUT2D eigenvalue weighted by molar-refractivity contribution is -0.139. The van der Waals surface area contributed by atoms with Crippen LogP contribution in [-0.4, -0.2) is 41.7 Å². The van der Waals surface area contributed by atoms with Gasteiger partial charge >= 0.3 is 12.1 Å². The first-order chi connectivity index (χ1) is 10.8. The van der Waals surface area contributed by atoms with Crippen molar-refractivity contribution in [1.82, 2.24) is 5.32 Å². The smallest absolute Gasteiger partial charge is 0.407 e. The maximum Gasteiger partial charge on any atom is 0.407 e. The Morgan fingerprint density at radius 3 is 2.43 bits per heavy atom. The third-order valence-electron chi connectivity index (χ3n) is 2.47. The van der Waals surface area contributed by atoms with E-state index in [1.807, 2.05) is 32.9 Å². The van der Waals surface area contributed by atoms with Gasteiger partial charge in [0.25, 0.3) is 0 Å². The van der Waals surface area contributed by atoms with Crippen molar-refractivity contribution in [1.29, 1.82) is 0 Å². The Morgan fingerprint density at radius 2 is 1.87 bits per heavy atom. The first-order valence-electron chi connectivity index (χ1n) is 7.24. The van der Waals surface area contributed by atoms with E-state index in [1.54, 1.807) is 23.9 Å². The molecule has 1 amide bonds. The molecule has 0 heterocycles. The van der Waals surface area contributed by atoms with Gasteiger partial charge in [-0.05, 0) is 38.5 Å². The fourth-order valence-electron chi connectivity index (χ4n) is 1.56. The van der Waals surface area contributed by atoms with Gasteiger partial charge in [0, 0.05) is 18.1 Å². The second-order valence-corrected chi connectivity index (χ2v) is 6.91. The van der Waals surface area contributed by atoms with Gasteiger partial charge in [-0.15, -0.1) is 0 Å². The Labute approximate surface area is 140 Å². The van der Waals surface area contributed by atoms with E-state index in [2.05, 4.69) is 5.32 Å². The van der Waals surface area contributed by atoms with Crippen molar-refractivity contribution in [3.05, 3.63) is 29.8 Å². The van der Waals surface area contributed by atoms with Crippen LogP contribution in [0.1, 0.15) is 26.3 Å². The van der Waals surface area contributed by atoms with Gasteiger partial charge in [-0.3, -0.25) is 0 Å². The van der Waals surface area contributed by atoms with E-state index in [1.165, 1.54) is 0 Å². The second kappa shape index (κ2) is 9.29. The topological polar surface area (TPSA) is 84.9 Å². The number of benzene rings is 1. The van der Waals surface area contributed by atoms with Crippen LogP contribution >= 0.6 is 11.8 Å². The molecular formula is C16H23NO5S. The fraction of sp³-hybridized carbons (Fsp3) is 0.500. The number of nitrogens with one attached hydrogen (secondary N) is 1. The van der Waals surface area contributed by atoms with Crippen molar-refractivity contribution in [2.45, 2.75) is 32.1 Å². The summed E-state index contributed by atoms with van der Waals surface area (Å²) >= 11 is 1.69. The molecule has 0 unspecified atom stereocenters. The number of hydrogen-bond acceptors (Lipinski definition) is 5. The second-order valence-electron chi connectivity index (χ2n) is 5.81. The zero-order chi connectivity index (χ0) is 17.3. The van der Waals surface area contributed by atoms with Crippen molar-refractivity contribution < 1.29 is 24.2 Å². The van der Waals surface area contributed by atoms with E-state index in [9.17, 15) is 9.59 Å². The molecule has 0 aliphatic rings. The standard InChI is InChI=1S/C16H23NO5S/c1-16(2,3)22-15(20)17-8-9-23-11-12-4-6-13(7-5-12)21-10-14(18)19/h4-7H,8-11H2,1-3H3,(H,17,20)(H,18,19). The van der Waals surface area contributed by atoms with E-state index in [-0.39, 0.29) is 6.61 Å². The number of amides is 1. The minimum absolute atomic E-state index is 0.343. The molecule has 0 saturated carbocycles. The number of carbonyl (C=O) groups excluding carboxylic acids is 1. The number of alkyl carbamates (subject to hydrolysis) is 1. The van der Waals surface area contributed by atoms with Crippen molar-refractivity contribution in [2.24, 2.45) is 0 Å². The summed E-state index contributed by atoms with van der Waals surface area (Å²) in [5.74, 6) is 1.11. The Kier molecular flexibility index (Phi) is 7.74. The summed E-state index contributed by atoms with van der Waals surface area (Å²) in [4.78, 5) is 21.8. The van der Waals surface area contributed by atoms with Gasteiger partial charge in [0.05, 0.1) is 0 Å². The summed E-state index contributed by atoms with van der Waals surface area (Å²) in [5.41, 5.74) is 0.622. The molecular weight excluding hydrogens is 318 g/mol. The number of thioether (sulfide) groups is 1. The summed E-state index contributed by atoms with van der Waals surface area (Å²) in [7, 11) is 0. The van der Waals surface area contributed by atoms with Crippen molar-refractivity contribution >= 4 is 23.8 Å². The van der Waals surface area contributed by atoms with Gasteiger partial charge in [-0.1, -0.05) is 12.1 Å². The van der Waals surface area contributed by atoms with Crippen LogP contribution in [0.25, 0.3) is 0 Å². The molecule has 0 atom stereocenters. The molecule has 1 aromatic carbocycles. The molecule has 23 heavy (non-hydrogen) atoms. The predicted octanol–water partition coefficient (Wildman–Crippen LogP) is 2.91. The van der Waals surface area contributed by atoms with Crippen LogP contribution in [0.3, 0.4) is 0 Å². The van der Waals surface area contributed by atoms with Gasteiger partial charge < -0.3 is 19.9 Å². The van der Waals surface area contributed by atoms with Crippen LogP contribution in [0.15, 0.2) is 24.3 Å². The lowest BCUT2D eigenvalue weighted by Gasteiger charge is -2.19. The van der Waals surface area contributed by atoms with E-state index >= 15 is 0 Å². The molecule has 0 fully saturated rings. The first-order valence-corrected chi connectivity index (χ1v) is 8.40. The molecule has 0 aromatic heterocycles. The lowest BCUT2D eigenvalue weighted by Crippen LogP contribution is -2.33. The Bertz CT molecular complexity index is 510. The van der Waals surface area contributed by atoms with Crippen LogP contribution in [0.4, 0.5) is 4.79 Å². The summed E-state index contributed by atoms with van der Waals surface area (Å²) < 4.78 is 10.2. The molecule has 1 rings (SSSR count). The number of carboxylic acid groups (broad SMARTS) is 1. The average Bonchev–Trinajstić information content (AvgIpc) is 2.44. The SMILES string of the molecule is CC(C)(C)OC(=O)NCCSCc1ccc(OCC(=O)O)cc1. The molecule has 128 valence electrons. The van der Waals surface area contributed by atoms with Crippen molar-refractivity contribution in [2.75, 3.05) is 18.9 Å². The highest BCUT2D eigenvalue weighted by molar-refractivity contribution is 7.98. The summed E-state index contributed by atoms with van der Waals surface area (Å²) in [5, 5.41) is 11.2. The van der Waals surface area contributed by atoms with Gasteiger partial charge in [0.1, 0.15) is 11.4 Å². The fourth-order valence-corrected chi connectivity index (χ4v) is 2.38. The Balaban J connectivity index is 2.18. The molecule has 0 spiro atoms. The third kappa shape index (κ3) is 9.67. The van der Waals surface area contributed by atoms with Crippen LogP contribution in [0.5, 0.6) is 5.75 Å². The van der Waals surface area contributed by atoms with Crippen molar-refractivity contribution in [3.8, 4) is 5.75 Å². The lowest BCUT2D eigenvalue weighted by atomic mass is 10.2. The van der Waals surface area contributed by atoms with E-state index in [0.29, 0.717) is 12.3 Å². The summed E-state index contributed by atoms with van der Waals surface area (Å²) in [6.07, 6.45) is -0.405. The summed E-state index contributed by atoms with van der Waals surface area (Å²) in [6, 6.07) is 7.28. The third-order valence-corrected chi connectivity index (χ3v) is 3.50. The van der Waals surface area contributed by atoms with Gasteiger partial charge in [-0.2, -0.15) is 11.8 Å². The monoisotopic (exact) mass is 341 g/mol. The maximum absolute atomic E-state index is 11.4. The zero-order valence-corrected chi connectivity index (χ0v) is 14.4. The average molecular weight is 341 g/mol. The highest BCUT2D eigenvalue weighted by Crippen LogP contribution is 2.16. The molecule has 1 aromatic rings. The number of carboxylic acids is 1. The number of ether oxygens (including phenoxy) is 2. The molecule has 0 radical (unpaired) electrons. The molecule has 0 aliphatic carbocycles. The predicted molar refractivity (Wildman–Crippen MR) is 90.0 cm³/mol. The van der Waals surface area contributed by atoms with E-state index in [4.69, 9.17) is 14.6 Å². The number of carbonyl (C=O) groups is 2. The zero-order valence-electron chi connectivity index (χ0n) is 13.6. The molecule has 0 saturated heterocycles. The van der Waals surface area contributed by atoms with Crippen LogP contribution in [-0.2, 0) is 15.3 Å². The van der Waals surface area contributed by atoms with E-state index < -0.39 is 17.7 Å². The summed E-state index contributed by atoms with van der Waals surface area (Å²) in [6.45, 7) is 5.67. The molecule has 6 nitrogen and oxygen atoms in total. The molecule has 2 N–H and O–H groups in total. The Morgan fingerprint density at radius 1 is 1.22 bits per heavy atom. The van der Waals surface area contributed by atoms with Gasteiger partial charge in [-0.25, -0.2) is 9.59 Å². The Hall–Kier alpha value is -1.89.